The molecule has 2 spiro atoms. The highest BCUT2D eigenvalue weighted by atomic mass is 16.6. The maximum atomic E-state index is 12.3. The molecule has 9 nitrogen and oxygen atoms in total. The Balaban J connectivity index is 0.000000147. The van der Waals surface area contributed by atoms with Gasteiger partial charge < -0.3 is 19.1 Å². The summed E-state index contributed by atoms with van der Waals surface area (Å²) in [4.78, 5) is 23.2. The van der Waals surface area contributed by atoms with Crippen molar-refractivity contribution in [3.63, 3.8) is 0 Å². The first kappa shape index (κ1) is 27.6. The van der Waals surface area contributed by atoms with Crippen molar-refractivity contribution in [3.05, 3.63) is 85.0 Å². The van der Waals surface area contributed by atoms with E-state index in [1.54, 1.807) is 4.90 Å². The number of hydrogen-bond acceptors (Lipinski definition) is 6. The number of carbonyl (C=O) groups excluding carboxylic acids is 1. The van der Waals surface area contributed by atoms with Crippen LogP contribution in [0.1, 0.15) is 77.4 Å². The molecule has 2 aromatic heterocycles. The summed E-state index contributed by atoms with van der Waals surface area (Å²) in [6, 6.07) is 16.2. The number of likely N-dealkylation sites (tertiary alicyclic amines) is 1. The van der Waals surface area contributed by atoms with Crippen molar-refractivity contribution in [2.24, 2.45) is 0 Å². The summed E-state index contributed by atoms with van der Waals surface area (Å²) in [5.74, 6) is 3.85. The molecule has 224 valence electrons. The number of carbonyl (C=O) groups is 1. The minimum atomic E-state index is -0.490. The molecule has 1 aliphatic carbocycles. The van der Waals surface area contributed by atoms with Gasteiger partial charge >= 0.3 is 6.09 Å². The summed E-state index contributed by atoms with van der Waals surface area (Å²) in [7, 11) is 0. The first-order chi connectivity index (χ1) is 20.8. The van der Waals surface area contributed by atoms with Gasteiger partial charge in [-0.1, -0.05) is 30.7 Å². The van der Waals surface area contributed by atoms with Gasteiger partial charge in [-0.3, -0.25) is 9.13 Å². The van der Waals surface area contributed by atoms with Gasteiger partial charge in [0.2, 0.25) is 0 Å². The van der Waals surface area contributed by atoms with Crippen LogP contribution in [0.15, 0.2) is 73.3 Å². The van der Waals surface area contributed by atoms with E-state index in [0.29, 0.717) is 25.9 Å². The largest absolute Gasteiger partial charge is 0.477 e. The molecule has 0 radical (unpaired) electrons. The lowest BCUT2D eigenvalue weighted by atomic mass is 9.83. The molecule has 2 aromatic carbocycles. The second kappa shape index (κ2) is 10.5. The fraction of sp³-hybridized carbons (Fsp3) is 0.441. The van der Waals surface area contributed by atoms with E-state index in [4.69, 9.17) is 14.2 Å². The molecule has 0 atom stereocenters. The van der Waals surface area contributed by atoms with Gasteiger partial charge in [0.1, 0.15) is 17.1 Å². The molecule has 0 bridgehead atoms. The molecule has 1 saturated heterocycles. The van der Waals surface area contributed by atoms with Gasteiger partial charge in [0.15, 0.2) is 22.9 Å². The lowest BCUT2D eigenvalue weighted by molar-refractivity contribution is -0.0292. The molecule has 43 heavy (non-hydrogen) atoms. The zero-order chi connectivity index (χ0) is 29.7. The Morgan fingerprint density at radius 3 is 1.74 bits per heavy atom. The van der Waals surface area contributed by atoms with Crippen LogP contribution in [0.25, 0.3) is 11.4 Å². The Morgan fingerprint density at radius 1 is 0.744 bits per heavy atom. The molecule has 0 unspecified atom stereocenters. The number of piperidine rings is 1. The number of para-hydroxylation sites is 4. The van der Waals surface area contributed by atoms with Crippen molar-refractivity contribution in [2.45, 2.75) is 82.5 Å². The summed E-state index contributed by atoms with van der Waals surface area (Å²) in [5, 5.41) is 0. The first-order valence-electron chi connectivity index (χ1n) is 15.4. The smallest absolute Gasteiger partial charge is 0.410 e. The summed E-state index contributed by atoms with van der Waals surface area (Å²) < 4.78 is 22.6. The average Bonchev–Trinajstić information content (AvgIpc) is 3.70. The van der Waals surface area contributed by atoms with Crippen LogP contribution in [0.3, 0.4) is 0 Å². The number of fused-ring (bicyclic) bond motifs is 8. The number of hydrogen-bond donors (Lipinski definition) is 0. The van der Waals surface area contributed by atoms with Gasteiger partial charge in [-0.15, -0.1) is 0 Å². The second-order valence-electron chi connectivity index (χ2n) is 12.9. The van der Waals surface area contributed by atoms with Crippen LogP contribution >= 0.6 is 0 Å². The van der Waals surface area contributed by atoms with E-state index < -0.39 is 11.2 Å². The van der Waals surface area contributed by atoms with E-state index >= 15 is 0 Å². The Kier molecular flexibility index (Phi) is 6.71. The minimum absolute atomic E-state index is 0.184. The molecule has 8 rings (SSSR count). The van der Waals surface area contributed by atoms with Gasteiger partial charge in [0, 0.05) is 50.7 Å². The van der Waals surface area contributed by atoms with E-state index in [2.05, 4.69) is 31.2 Å². The lowest BCUT2D eigenvalue weighted by Crippen LogP contribution is -2.51. The molecular weight excluding hydrogens is 542 g/mol. The van der Waals surface area contributed by atoms with E-state index in [1.165, 1.54) is 19.3 Å². The standard InChI is InChI=1S/C19H23N3O3.C15H16N2O/c1-18(2,3)25-17(23)21-11-8-19(9-12-21)16-20-10-13-22(16)14-6-4-5-7-15(14)24-19;1-4-8-15(9-5-1)14-16-10-11-17(14)12-6-2-3-7-13(12)18-15/h4-7,10,13H,8-9,11-12H2,1-3H3;2-3,6-7,10-11H,1,4-5,8-9H2. The van der Waals surface area contributed by atoms with Gasteiger partial charge in [-0.2, -0.15) is 0 Å². The number of ether oxygens (including phenoxy) is 3. The quantitative estimate of drug-likeness (QED) is 0.224. The van der Waals surface area contributed by atoms with Crippen molar-refractivity contribution in [2.75, 3.05) is 13.1 Å². The maximum absolute atomic E-state index is 12.3. The minimum Gasteiger partial charge on any atom is -0.477 e. The van der Waals surface area contributed by atoms with Crippen molar-refractivity contribution in [3.8, 4) is 22.9 Å². The van der Waals surface area contributed by atoms with Crippen molar-refractivity contribution in [1.82, 2.24) is 24.0 Å². The number of nitrogens with zero attached hydrogens (tertiary/aromatic N) is 5. The van der Waals surface area contributed by atoms with E-state index in [0.717, 1.165) is 47.4 Å². The first-order valence-corrected chi connectivity index (χ1v) is 15.4. The molecule has 1 saturated carbocycles. The Hall–Kier alpha value is -4.27. The van der Waals surface area contributed by atoms with Crippen molar-refractivity contribution < 1.29 is 19.0 Å². The van der Waals surface area contributed by atoms with Crippen LogP contribution in [-0.2, 0) is 15.9 Å². The zero-order valence-electron chi connectivity index (χ0n) is 25.2. The molecule has 4 aliphatic rings. The fourth-order valence-corrected chi connectivity index (χ4v) is 6.82. The molecule has 9 heteroatoms. The summed E-state index contributed by atoms with van der Waals surface area (Å²) in [6.45, 7) is 6.82. The average molecular weight is 582 g/mol. The van der Waals surface area contributed by atoms with Crippen LogP contribution < -0.4 is 9.47 Å². The topological polar surface area (TPSA) is 83.6 Å². The third kappa shape index (κ3) is 4.94. The normalized spacial score (nSPS) is 19.0. The third-order valence-electron chi connectivity index (χ3n) is 8.84. The van der Waals surface area contributed by atoms with Gasteiger partial charge in [0.25, 0.3) is 0 Å². The second-order valence-corrected chi connectivity index (χ2v) is 12.9. The maximum Gasteiger partial charge on any atom is 0.410 e. The number of benzene rings is 2. The molecule has 2 fully saturated rings. The Labute approximate surface area is 252 Å². The number of amides is 1. The van der Waals surface area contributed by atoms with E-state index in [9.17, 15) is 4.79 Å². The molecule has 0 N–H and O–H groups in total. The van der Waals surface area contributed by atoms with Gasteiger partial charge in [-0.05, 0) is 70.7 Å². The highest BCUT2D eigenvalue weighted by Gasteiger charge is 2.46. The highest BCUT2D eigenvalue weighted by Crippen LogP contribution is 2.46. The van der Waals surface area contributed by atoms with Gasteiger partial charge in [-0.25, -0.2) is 14.8 Å². The summed E-state index contributed by atoms with van der Waals surface area (Å²) >= 11 is 0. The zero-order valence-corrected chi connectivity index (χ0v) is 25.2. The SMILES string of the molecule is CC(C)(C)OC(=O)N1CCC2(CC1)Oc1ccccc1-n1ccnc12.c1ccc2c(c1)OC1(CCCCC1)c1nccn1-2. The molecule has 1 amide bonds. The Bertz CT molecular complexity index is 1620. The predicted octanol–water partition coefficient (Wildman–Crippen LogP) is 6.92. The molecular formula is C34H39N5O4. The van der Waals surface area contributed by atoms with E-state index in [1.807, 2.05) is 82.0 Å². The molecule has 5 heterocycles. The van der Waals surface area contributed by atoms with Crippen LogP contribution in [0, 0.1) is 0 Å². The van der Waals surface area contributed by atoms with Crippen molar-refractivity contribution in [1.29, 1.82) is 0 Å². The summed E-state index contributed by atoms with van der Waals surface area (Å²) in [5.41, 5.74) is 0.964. The van der Waals surface area contributed by atoms with Crippen molar-refractivity contribution >= 4 is 6.09 Å². The monoisotopic (exact) mass is 581 g/mol. The number of rotatable bonds is 0. The third-order valence-corrected chi connectivity index (χ3v) is 8.84. The van der Waals surface area contributed by atoms with Gasteiger partial charge in [0.05, 0.1) is 11.4 Å². The number of imidazole rings is 2. The summed E-state index contributed by atoms with van der Waals surface area (Å²) in [6.07, 6.45) is 14.8. The van der Waals surface area contributed by atoms with Crippen LogP contribution in [-0.4, -0.2) is 48.8 Å². The lowest BCUT2D eigenvalue weighted by Gasteiger charge is -2.43. The van der Waals surface area contributed by atoms with E-state index in [-0.39, 0.29) is 11.7 Å². The van der Waals surface area contributed by atoms with Crippen LogP contribution in [0.4, 0.5) is 4.79 Å². The predicted molar refractivity (Wildman–Crippen MR) is 162 cm³/mol. The highest BCUT2D eigenvalue weighted by molar-refractivity contribution is 5.68. The van der Waals surface area contributed by atoms with Crippen LogP contribution in [0.5, 0.6) is 11.5 Å². The van der Waals surface area contributed by atoms with Crippen LogP contribution in [0.2, 0.25) is 0 Å². The number of aromatic nitrogens is 4. The Morgan fingerprint density at radius 2 is 1.23 bits per heavy atom. The fourth-order valence-electron chi connectivity index (χ4n) is 6.82. The molecule has 3 aliphatic heterocycles. The molecule has 4 aromatic rings.